The number of rotatable bonds is 6. The molecule has 1 fully saturated rings. The fourth-order valence-corrected chi connectivity index (χ4v) is 4.32. The largest absolute Gasteiger partial charge is 0.379 e. The van der Waals surface area contributed by atoms with Crippen LogP contribution in [0.1, 0.15) is 28.8 Å². The predicted octanol–water partition coefficient (Wildman–Crippen LogP) is 4.45. The third-order valence-corrected chi connectivity index (χ3v) is 5.98. The van der Waals surface area contributed by atoms with Crippen LogP contribution in [0.25, 0.3) is 0 Å². The molecule has 0 radical (unpaired) electrons. The van der Waals surface area contributed by atoms with Crippen molar-refractivity contribution in [2.75, 3.05) is 32.6 Å². The Labute approximate surface area is 180 Å². The standard InChI is InChI=1S/C22H23ClN4OS/c1-29-22-25-10-8-19(26-22)21(27-11-13-28-14-12-27)20(17-3-2-9-24-15-17)16-4-6-18(23)7-5-16/h2-10,15,20-21H,11-14H2,1H3. The molecule has 5 nitrogen and oxygen atoms in total. The van der Waals surface area contributed by atoms with Gasteiger partial charge in [0.1, 0.15) is 0 Å². The van der Waals surface area contributed by atoms with Crippen LogP contribution >= 0.6 is 23.4 Å². The van der Waals surface area contributed by atoms with Gasteiger partial charge in [-0.2, -0.15) is 0 Å². The van der Waals surface area contributed by atoms with Gasteiger partial charge in [-0.1, -0.05) is 41.6 Å². The van der Waals surface area contributed by atoms with Gasteiger partial charge < -0.3 is 4.74 Å². The number of nitrogens with zero attached hydrogens (tertiary/aromatic N) is 4. The fourth-order valence-electron chi connectivity index (χ4n) is 3.83. The normalized spacial score (nSPS) is 17.0. The summed E-state index contributed by atoms with van der Waals surface area (Å²) < 4.78 is 5.63. The molecule has 0 spiro atoms. The van der Waals surface area contributed by atoms with Crippen LogP contribution in [0.2, 0.25) is 5.02 Å². The molecule has 3 heterocycles. The van der Waals surface area contributed by atoms with Gasteiger partial charge >= 0.3 is 0 Å². The zero-order valence-electron chi connectivity index (χ0n) is 16.2. The molecule has 1 aromatic carbocycles. The molecule has 150 valence electrons. The van der Waals surface area contributed by atoms with Crippen LogP contribution in [0.15, 0.2) is 66.2 Å². The molecule has 2 unspecified atom stereocenters. The highest BCUT2D eigenvalue weighted by molar-refractivity contribution is 7.98. The Hall–Kier alpha value is -1.99. The highest BCUT2D eigenvalue weighted by atomic mass is 35.5. The SMILES string of the molecule is CSc1nccc(C(C(c2ccc(Cl)cc2)c2cccnc2)N2CCOCC2)n1. The van der Waals surface area contributed by atoms with E-state index in [0.717, 1.165) is 47.7 Å². The molecule has 1 aliphatic heterocycles. The number of morpholine rings is 1. The van der Waals surface area contributed by atoms with E-state index in [1.807, 2.05) is 49.1 Å². The minimum Gasteiger partial charge on any atom is -0.379 e. The van der Waals surface area contributed by atoms with Gasteiger partial charge in [-0.3, -0.25) is 9.88 Å². The molecule has 7 heteroatoms. The second-order valence-electron chi connectivity index (χ2n) is 6.88. The molecule has 29 heavy (non-hydrogen) atoms. The Bertz CT molecular complexity index is 920. The van der Waals surface area contributed by atoms with E-state index >= 15 is 0 Å². The Kier molecular flexibility index (Phi) is 6.77. The molecular formula is C22H23ClN4OS. The fraction of sp³-hybridized carbons (Fsp3) is 0.318. The Morgan fingerprint density at radius 2 is 1.83 bits per heavy atom. The van der Waals surface area contributed by atoms with E-state index < -0.39 is 0 Å². The Balaban J connectivity index is 1.86. The maximum absolute atomic E-state index is 6.18. The van der Waals surface area contributed by atoms with Crippen molar-refractivity contribution >= 4 is 23.4 Å². The lowest BCUT2D eigenvalue weighted by molar-refractivity contribution is 0.0113. The predicted molar refractivity (Wildman–Crippen MR) is 116 cm³/mol. The van der Waals surface area contributed by atoms with Crippen molar-refractivity contribution in [2.24, 2.45) is 0 Å². The summed E-state index contributed by atoms with van der Waals surface area (Å²) in [4.78, 5) is 16.1. The maximum atomic E-state index is 6.18. The summed E-state index contributed by atoms with van der Waals surface area (Å²) in [6, 6.07) is 14.3. The number of ether oxygens (including phenoxy) is 1. The number of halogens is 1. The van der Waals surface area contributed by atoms with Gasteiger partial charge in [-0.15, -0.1) is 0 Å². The van der Waals surface area contributed by atoms with Gasteiger partial charge in [-0.25, -0.2) is 9.97 Å². The first-order chi connectivity index (χ1) is 14.3. The van der Waals surface area contributed by atoms with Crippen molar-refractivity contribution < 1.29 is 4.74 Å². The van der Waals surface area contributed by atoms with Gasteiger partial charge in [0, 0.05) is 42.6 Å². The number of pyridine rings is 1. The molecule has 0 aliphatic carbocycles. The number of benzene rings is 1. The highest BCUT2D eigenvalue weighted by Crippen LogP contribution is 2.40. The van der Waals surface area contributed by atoms with Crippen LogP contribution in [0.5, 0.6) is 0 Å². The minimum atomic E-state index is 0.0400. The first-order valence-corrected chi connectivity index (χ1v) is 11.2. The Morgan fingerprint density at radius 3 is 2.52 bits per heavy atom. The van der Waals surface area contributed by atoms with E-state index in [-0.39, 0.29) is 12.0 Å². The van der Waals surface area contributed by atoms with E-state index in [4.69, 9.17) is 21.3 Å². The van der Waals surface area contributed by atoms with E-state index in [9.17, 15) is 0 Å². The highest BCUT2D eigenvalue weighted by Gasteiger charge is 2.34. The quantitative estimate of drug-likeness (QED) is 0.428. The van der Waals surface area contributed by atoms with Crippen LogP contribution in [0.4, 0.5) is 0 Å². The van der Waals surface area contributed by atoms with Crippen LogP contribution < -0.4 is 0 Å². The van der Waals surface area contributed by atoms with Gasteiger partial charge in [0.2, 0.25) is 0 Å². The van der Waals surface area contributed by atoms with Crippen molar-refractivity contribution in [1.29, 1.82) is 0 Å². The van der Waals surface area contributed by atoms with Crippen LogP contribution in [0.3, 0.4) is 0 Å². The van der Waals surface area contributed by atoms with Crippen molar-refractivity contribution in [2.45, 2.75) is 17.1 Å². The summed E-state index contributed by atoms with van der Waals surface area (Å²) in [6.45, 7) is 3.15. The monoisotopic (exact) mass is 426 g/mol. The zero-order valence-corrected chi connectivity index (χ0v) is 17.8. The summed E-state index contributed by atoms with van der Waals surface area (Å²) in [5.41, 5.74) is 3.34. The van der Waals surface area contributed by atoms with Crippen molar-refractivity contribution in [3.8, 4) is 0 Å². The van der Waals surface area contributed by atoms with E-state index in [2.05, 4.69) is 33.1 Å². The van der Waals surface area contributed by atoms with Gasteiger partial charge in [0.05, 0.1) is 24.9 Å². The van der Waals surface area contributed by atoms with E-state index in [0.29, 0.717) is 0 Å². The molecule has 3 aromatic rings. The van der Waals surface area contributed by atoms with Crippen molar-refractivity contribution in [1.82, 2.24) is 19.9 Å². The second kappa shape index (κ2) is 9.67. The smallest absolute Gasteiger partial charge is 0.187 e. The average molecular weight is 427 g/mol. The van der Waals surface area contributed by atoms with Crippen LogP contribution in [0, 0.1) is 0 Å². The van der Waals surface area contributed by atoms with Gasteiger partial charge in [-0.05, 0) is 41.6 Å². The first-order valence-electron chi connectivity index (χ1n) is 9.60. The lowest BCUT2D eigenvalue weighted by Gasteiger charge is -2.39. The summed E-state index contributed by atoms with van der Waals surface area (Å²) >= 11 is 7.74. The molecule has 0 amide bonds. The topological polar surface area (TPSA) is 51.1 Å². The zero-order chi connectivity index (χ0) is 20.1. The third kappa shape index (κ3) is 4.78. The third-order valence-electron chi connectivity index (χ3n) is 5.17. The number of hydrogen-bond donors (Lipinski definition) is 0. The van der Waals surface area contributed by atoms with Gasteiger partial charge in [0.15, 0.2) is 5.16 Å². The molecule has 4 rings (SSSR count). The number of aromatic nitrogens is 3. The molecule has 0 bridgehead atoms. The molecule has 2 aromatic heterocycles. The second-order valence-corrected chi connectivity index (χ2v) is 8.09. The van der Waals surface area contributed by atoms with Crippen molar-refractivity contribution in [3.05, 3.63) is 82.9 Å². The number of thioether (sulfide) groups is 1. The lowest BCUT2D eigenvalue weighted by Crippen LogP contribution is -2.42. The van der Waals surface area contributed by atoms with Crippen molar-refractivity contribution in [3.63, 3.8) is 0 Å². The maximum Gasteiger partial charge on any atom is 0.187 e. The van der Waals surface area contributed by atoms with Crippen LogP contribution in [-0.2, 0) is 4.74 Å². The number of hydrogen-bond acceptors (Lipinski definition) is 6. The summed E-state index contributed by atoms with van der Waals surface area (Å²) in [5.74, 6) is 0.0590. The van der Waals surface area contributed by atoms with E-state index in [1.165, 1.54) is 5.56 Å². The van der Waals surface area contributed by atoms with Gasteiger partial charge in [0.25, 0.3) is 0 Å². The molecule has 1 aliphatic rings. The lowest BCUT2D eigenvalue weighted by atomic mass is 9.83. The van der Waals surface area contributed by atoms with E-state index in [1.54, 1.807) is 11.8 Å². The Morgan fingerprint density at radius 1 is 1.03 bits per heavy atom. The molecule has 1 saturated heterocycles. The molecular weight excluding hydrogens is 404 g/mol. The summed E-state index contributed by atoms with van der Waals surface area (Å²) in [5, 5.41) is 1.51. The van der Waals surface area contributed by atoms with Crippen LogP contribution in [-0.4, -0.2) is 52.4 Å². The first kappa shape index (κ1) is 20.3. The molecule has 0 N–H and O–H groups in total. The molecule has 2 atom stereocenters. The summed E-state index contributed by atoms with van der Waals surface area (Å²) in [7, 11) is 0. The molecule has 0 saturated carbocycles. The average Bonchev–Trinajstić information content (AvgIpc) is 2.79. The minimum absolute atomic E-state index is 0.0400. The summed E-state index contributed by atoms with van der Waals surface area (Å²) in [6.07, 6.45) is 7.61.